The molecule has 0 fully saturated rings. The van der Waals surface area contributed by atoms with Gasteiger partial charge in [-0.15, -0.1) is 11.3 Å². The van der Waals surface area contributed by atoms with E-state index in [4.69, 9.17) is 0 Å². The Labute approximate surface area is 125 Å². The van der Waals surface area contributed by atoms with E-state index >= 15 is 0 Å². The van der Waals surface area contributed by atoms with E-state index in [1.807, 2.05) is 6.92 Å². The highest BCUT2D eigenvalue weighted by Gasteiger charge is 2.20. The van der Waals surface area contributed by atoms with Crippen LogP contribution in [0.3, 0.4) is 0 Å². The molecule has 2 rings (SSSR count). The molecule has 0 bridgehead atoms. The van der Waals surface area contributed by atoms with E-state index in [9.17, 15) is 4.79 Å². The molecule has 0 saturated heterocycles. The van der Waals surface area contributed by atoms with Crippen molar-refractivity contribution in [3.63, 3.8) is 0 Å². The lowest BCUT2D eigenvalue weighted by atomic mass is 9.90. The molecule has 0 aromatic carbocycles. The number of aryl methyl sites for hydroxylation is 1. The number of hydrogen-bond donors (Lipinski definition) is 1. The molecule has 110 valence electrons. The summed E-state index contributed by atoms with van der Waals surface area (Å²) >= 11 is 1.63. The van der Waals surface area contributed by atoms with Crippen LogP contribution in [-0.4, -0.2) is 11.6 Å². The Morgan fingerprint density at radius 2 is 2.35 bits per heavy atom. The smallest absolute Gasteiger partial charge is 0.266 e. The summed E-state index contributed by atoms with van der Waals surface area (Å²) < 4.78 is 0. The topological polar surface area (TPSA) is 41.5 Å². The molecule has 1 aliphatic rings. The van der Waals surface area contributed by atoms with Crippen LogP contribution < -0.4 is 5.43 Å². The second-order valence-corrected chi connectivity index (χ2v) is 6.94. The van der Waals surface area contributed by atoms with Gasteiger partial charge < -0.3 is 0 Å². The minimum absolute atomic E-state index is 0.0621. The highest BCUT2D eigenvalue weighted by atomic mass is 32.1. The second kappa shape index (κ2) is 7.02. The zero-order valence-electron chi connectivity index (χ0n) is 12.7. The molecule has 0 aliphatic heterocycles. The van der Waals surface area contributed by atoms with E-state index in [0.29, 0.717) is 0 Å². The highest BCUT2D eigenvalue weighted by molar-refractivity contribution is 7.14. The van der Waals surface area contributed by atoms with Crippen molar-refractivity contribution < 1.29 is 4.79 Å². The lowest BCUT2D eigenvalue weighted by Crippen LogP contribution is -2.17. The molecular weight excluding hydrogens is 268 g/mol. The highest BCUT2D eigenvalue weighted by Crippen LogP contribution is 2.32. The van der Waals surface area contributed by atoms with Gasteiger partial charge in [0.1, 0.15) is 0 Å². The third kappa shape index (κ3) is 3.92. The van der Waals surface area contributed by atoms with Crippen LogP contribution in [0.1, 0.15) is 66.6 Å². The summed E-state index contributed by atoms with van der Waals surface area (Å²) in [5.41, 5.74) is 5.05. The second-order valence-electron chi connectivity index (χ2n) is 5.80. The first-order valence-electron chi connectivity index (χ1n) is 7.55. The predicted octanol–water partition coefficient (Wildman–Crippen LogP) is 4.17. The van der Waals surface area contributed by atoms with Crippen molar-refractivity contribution in [1.82, 2.24) is 5.43 Å². The summed E-state index contributed by atoms with van der Waals surface area (Å²) in [5.74, 6) is 0.676. The number of unbranched alkanes of at least 4 members (excludes halogenated alkanes) is 1. The third-order valence-corrected chi connectivity index (χ3v) is 5.03. The maximum Gasteiger partial charge on any atom is 0.281 e. The van der Waals surface area contributed by atoms with Crippen molar-refractivity contribution in [2.24, 2.45) is 11.0 Å². The molecule has 1 heterocycles. The number of carbonyl (C=O) groups excluding carboxylic acids is 1. The first-order valence-corrected chi connectivity index (χ1v) is 8.37. The summed E-state index contributed by atoms with van der Waals surface area (Å²) in [6, 6.07) is 2.06. The summed E-state index contributed by atoms with van der Waals surface area (Å²) in [6.07, 6.45) is 6.69. The fourth-order valence-corrected chi connectivity index (χ4v) is 3.61. The standard InChI is InChI=1S/C16H24N2OS/c1-4-5-6-12(3)17-18-16(19)15-10-13-9-11(2)7-8-14(13)20-15/h10-11H,4-9H2,1-3H3,(H,18,19)/t11-/m0/s1. The average molecular weight is 292 g/mol. The number of amides is 1. The third-order valence-electron chi connectivity index (χ3n) is 3.79. The van der Waals surface area contributed by atoms with Gasteiger partial charge in [-0.3, -0.25) is 4.79 Å². The van der Waals surface area contributed by atoms with Crippen LogP contribution in [-0.2, 0) is 12.8 Å². The number of fused-ring (bicyclic) bond motifs is 1. The molecule has 20 heavy (non-hydrogen) atoms. The van der Waals surface area contributed by atoms with Gasteiger partial charge in [0.15, 0.2) is 0 Å². The van der Waals surface area contributed by atoms with Gasteiger partial charge in [-0.05, 0) is 56.6 Å². The van der Waals surface area contributed by atoms with Crippen LogP contribution in [0.5, 0.6) is 0 Å². The van der Waals surface area contributed by atoms with E-state index in [0.717, 1.165) is 48.6 Å². The van der Waals surface area contributed by atoms with Crippen molar-refractivity contribution >= 4 is 23.0 Å². The Morgan fingerprint density at radius 3 is 3.10 bits per heavy atom. The minimum Gasteiger partial charge on any atom is -0.266 e. The van der Waals surface area contributed by atoms with Crippen LogP contribution in [0.15, 0.2) is 11.2 Å². The SMILES string of the molecule is CCCCC(C)=NNC(=O)c1cc2c(s1)CC[C@H](C)C2. The molecule has 0 spiro atoms. The van der Waals surface area contributed by atoms with Gasteiger partial charge in [-0.1, -0.05) is 20.3 Å². The Kier molecular flexibility index (Phi) is 5.35. The molecule has 0 unspecified atom stereocenters. The summed E-state index contributed by atoms with van der Waals surface area (Å²) in [7, 11) is 0. The first-order chi connectivity index (χ1) is 9.60. The number of nitrogens with zero attached hydrogens (tertiary/aromatic N) is 1. The van der Waals surface area contributed by atoms with E-state index in [-0.39, 0.29) is 5.91 Å². The van der Waals surface area contributed by atoms with Crippen LogP contribution in [0.2, 0.25) is 0 Å². The van der Waals surface area contributed by atoms with Gasteiger partial charge in [-0.2, -0.15) is 5.10 Å². The van der Waals surface area contributed by atoms with Gasteiger partial charge in [0, 0.05) is 10.6 Å². The normalized spacial score (nSPS) is 18.8. The zero-order chi connectivity index (χ0) is 14.5. The van der Waals surface area contributed by atoms with Gasteiger partial charge in [0.05, 0.1) is 4.88 Å². The summed E-state index contributed by atoms with van der Waals surface area (Å²) in [6.45, 7) is 6.40. The molecule has 1 amide bonds. The molecule has 1 aromatic heterocycles. The zero-order valence-corrected chi connectivity index (χ0v) is 13.5. The fraction of sp³-hybridized carbons (Fsp3) is 0.625. The molecule has 3 nitrogen and oxygen atoms in total. The number of carbonyl (C=O) groups is 1. The van der Waals surface area contributed by atoms with E-state index < -0.39 is 0 Å². The predicted molar refractivity (Wildman–Crippen MR) is 85.6 cm³/mol. The van der Waals surface area contributed by atoms with Crippen LogP contribution in [0.4, 0.5) is 0 Å². The molecule has 4 heteroatoms. The lowest BCUT2D eigenvalue weighted by molar-refractivity contribution is 0.0958. The van der Waals surface area contributed by atoms with Crippen LogP contribution in [0, 0.1) is 5.92 Å². The van der Waals surface area contributed by atoms with Gasteiger partial charge >= 0.3 is 0 Å². The maximum atomic E-state index is 12.1. The molecule has 0 saturated carbocycles. The van der Waals surface area contributed by atoms with Crippen molar-refractivity contribution in [1.29, 1.82) is 0 Å². The monoisotopic (exact) mass is 292 g/mol. The molecule has 1 aromatic rings. The van der Waals surface area contributed by atoms with Crippen molar-refractivity contribution in [2.75, 3.05) is 0 Å². The summed E-state index contributed by atoms with van der Waals surface area (Å²) in [4.78, 5) is 14.3. The fourth-order valence-electron chi connectivity index (χ4n) is 2.51. The van der Waals surface area contributed by atoms with E-state index in [2.05, 4.69) is 30.4 Å². The molecule has 1 N–H and O–H groups in total. The van der Waals surface area contributed by atoms with Crippen molar-refractivity contribution in [2.45, 2.75) is 59.3 Å². The number of nitrogens with one attached hydrogen (secondary N) is 1. The van der Waals surface area contributed by atoms with Gasteiger partial charge in [0.2, 0.25) is 0 Å². The maximum absolute atomic E-state index is 12.1. The van der Waals surface area contributed by atoms with Crippen LogP contribution in [0.25, 0.3) is 0 Å². The summed E-state index contributed by atoms with van der Waals surface area (Å²) in [5, 5.41) is 4.18. The molecule has 1 aliphatic carbocycles. The average Bonchev–Trinajstić information content (AvgIpc) is 2.85. The van der Waals surface area contributed by atoms with Gasteiger partial charge in [-0.25, -0.2) is 5.43 Å². The van der Waals surface area contributed by atoms with E-state index in [1.165, 1.54) is 16.9 Å². The Bertz CT molecular complexity index is 505. The Balaban J connectivity index is 1.96. The van der Waals surface area contributed by atoms with Crippen molar-refractivity contribution in [3.8, 4) is 0 Å². The number of thiophene rings is 1. The molecular formula is C16H24N2OS. The van der Waals surface area contributed by atoms with Crippen molar-refractivity contribution in [3.05, 3.63) is 21.4 Å². The Morgan fingerprint density at radius 1 is 1.55 bits per heavy atom. The number of rotatable bonds is 5. The quantitative estimate of drug-likeness (QED) is 0.642. The minimum atomic E-state index is -0.0621. The first kappa shape index (κ1) is 15.2. The lowest BCUT2D eigenvalue weighted by Gasteiger charge is -2.16. The largest absolute Gasteiger partial charge is 0.281 e. The molecule has 1 atom stereocenters. The molecule has 0 radical (unpaired) electrons. The van der Waals surface area contributed by atoms with Crippen LogP contribution >= 0.6 is 11.3 Å². The number of hydrazone groups is 1. The van der Waals surface area contributed by atoms with E-state index in [1.54, 1.807) is 11.3 Å². The Hall–Kier alpha value is -1.16. The number of hydrogen-bond acceptors (Lipinski definition) is 3. The van der Waals surface area contributed by atoms with Gasteiger partial charge in [0.25, 0.3) is 5.91 Å².